The van der Waals surface area contributed by atoms with E-state index in [9.17, 15) is 10.1 Å². The minimum absolute atomic E-state index is 0.183. The zero-order chi connectivity index (χ0) is 20.8. The highest BCUT2D eigenvalue weighted by molar-refractivity contribution is 7.17. The van der Waals surface area contributed by atoms with Crippen LogP contribution in [-0.4, -0.2) is 17.5 Å². The molecule has 6 heteroatoms. The molecule has 3 aromatic rings. The van der Waals surface area contributed by atoms with E-state index >= 15 is 0 Å². The summed E-state index contributed by atoms with van der Waals surface area (Å²) in [7, 11) is 0. The fraction of sp³-hybridized carbons (Fsp3) is 0.174. The lowest BCUT2D eigenvalue weighted by atomic mass is 10.1. The van der Waals surface area contributed by atoms with E-state index in [-0.39, 0.29) is 5.91 Å². The average molecular weight is 404 g/mol. The summed E-state index contributed by atoms with van der Waals surface area (Å²) in [6.45, 7) is 5.92. The lowest BCUT2D eigenvalue weighted by Crippen LogP contribution is -2.05. The summed E-state index contributed by atoms with van der Waals surface area (Å²) < 4.78 is 5.65. The summed E-state index contributed by atoms with van der Waals surface area (Å²) in [6.07, 6.45) is 1.76. The van der Waals surface area contributed by atoms with Crippen molar-refractivity contribution in [3.63, 3.8) is 0 Å². The topological polar surface area (TPSA) is 75.0 Å². The van der Waals surface area contributed by atoms with Crippen LogP contribution in [0.15, 0.2) is 48.5 Å². The first-order valence-electron chi connectivity index (χ1n) is 9.21. The van der Waals surface area contributed by atoms with Crippen LogP contribution in [0.3, 0.4) is 0 Å². The molecule has 0 aliphatic carbocycles. The molecule has 146 valence electrons. The fourth-order valence-corrected chi connectivity index (χ4v) is 3.77. The number of ether oxygens (including phenoxy) is 1. The third-order valence-electron chi connectivity index (χ3n) is 4.11. The van der Waals surface area contributed by atoms with Crippen LogP contribution in [0.5, 0.6) is 5.75 Å². The lowest BCUT2D eigenvalue weighted by Gasteiger charge is -2.06. The number of hydrogen-bond donors (Lipinski definition) is 1. The van der Waals surface area contributed by atoms with Crippen molar-refractivity contribution in [2.45, 2.75) is 20.8 Å². The van der Waals surface area contributed by atoms with Gasteiger partial charge in [-0.1, -0.05) is 59.4 Å². The van der Waals surface area contributed by atoms with Gasteiger partial charge in [0.2, 0.25) is 5.91 Å². The first-order chi connectivity index (χ1) is 14.0. The Morgan fingerprint density at radius 2 is 1.97 bits per heavy atom. The van der Waals surface area contributed by atoms with Gasteiger partial charge in [0.05, 0.1) is 12.2 Å². The molecule has 0 fully saturated rings. The van der Waals surface area contributed by atoms with Gasteiger partial charge in [-0.2, -0.15) is 5.26 Å². The molecule has 2 aromatic carbocycles. The first-order valence-corrected chi connectivity index (χ1v) is 10.0. The van der Waals surface area contributed by atoms with E-state index in [0.717, 1.165) is 16.7 Å². The van der Waals surface area contributed by atoms with Crippen molar-refractivity contribution < 1.29 is 9.53 Å². The number of rotatable bonds is 6. The van der Waals surface area contributed by atoms with Gasteiger partial charge in [-0.15, -0.1) is 0 Å². The quantitative estimate of drug-likeness (QED) is 0.548. The maximum absolute atomic E-state index is 11.7. The molecule has 1 N–H and O–H groups in total. The largest absolute Gasteiger partial charge is 0.493 e. The third kappa shape index (κ3) is 4.89. The summed E-state index contributed by atoms with van der Waals surface area (Å²) in [5.74, 6) is 0.526. The standard InChI is InChI=1S/C23H21N3O2S/c1-4-28-20-8-6-5-7-18(20)13-19(14-24)22-26-21(23(29-22)25-16(3)27)17-11-9-15(2)10-12-17/h5-13H,4H2,1-3H3,(H,25,27)/b19-13+. The number of aromatic nitrogens is 1. The molecule has 0 saturated carbocycles. The van der Waals surface area contributed by atoms with E-state index in [1.54, 1.807) is 6.08 Å². The second-order valence-electron chi connectivity index (χ2n) is 6.38. The fourth-order valence-electron chi connectivity index (χ4n) is 2.77. The second-order valence-corrected chi connectivity index (χ2v) is 7.38. The molecule has 0 saturated heterocycles. The SMILES string of the molecule is CCOc1ccccc1/C=C(\C#N)c1nc(-c2ccc(C)cc2)c(NC(C)=O)s1. The van der Waals surface area contributed by atoms with Gasteiger partial charge in [-0.3, -0.25) is 4.79 Å². The van der Waals surface area contributed by atoms with Crippen LogP contribution in [-0.2, 0) is 4.79 Å². The molecule has 0 aliphatic heterocycles. The Morgan fingerprint density at radius 1 is 1.24 bits per heavy atom. The van der Waals surface area contributed by atoms with Crippen molar-refractivity contribution in [2.24, 2.45) is 0 Å². The predicted molar refractivity (Wildman–Crippen MR) is 118 cm³/mol. The maximum Gasteiger partial charge on any atom is 0.221 e. The number of allylic oxidation sites excluding steroid dienone is 1. The Hall–Kier alpha value is -3.43. The molecular formula is C23H21N3O2S. The number of carbonyl (C=O) groups excluding carboxylic acids is 1. The first kappa shape index (κ1) is 20.3. The number of carbonyl (C=O) groups is 1. The third-order valence-corrected chi connectivity index (χ3v) is 5.12. The van der Waals surface area contributed by atoms with Gasteiger partial charge in [0.25, 0.3) is 0 Å². The highest BCUT2D eigenvalue weighted by Gasteiger charge is 2.17. The van der Waals surface area contributed by atoms with Crippen molar-refractivity contribution in [1.29, 1.82) is 5.26 Å². The van der Waals surface area contributed by atoms with E-state index in [4.69, 9.17) is 4.74 Å². The smallest absolute Gasteiger partial charge is 0.221 e. The number of nitrogens with one attached hydrogen (secondary N) is 1. The number of thiazole rings is 1. The number of nitriles is 1. The van der Waals surface area contributed by atoms with Crippen molar-refractivity contribution in [1.82, 2.24) is 4.98 Å². The number of aryl methyl sites for hydroxylation is 1. The highest BCUT2D eigenvalue weighted by Crippen LogP contribution is 2.37. The molecule has 0 spiro atoms. The van der Waals surface area contributed by atoms with Crippen molar-refractivity contribution in [3.8, 4) is 23.1 Å². The molecule has 3 rings (SSSR count). The lowest BCUT2D eigenvalue weighted by molar-refractivity contribution is -0.114. The minimum atomic E-state index is -0.183. The zero-order valence-corrected chi connectivity index (χ0v) is 17.3. The molecule has 5 nitrogen and oxygen atoms in total. The molecular weight excluding hydrogens is 382 g/mol. The normalized spacial score (nSPS) is 11.0. The van der Waals surface area contributed by atoms with Gasteiger partial charge < -0.3 is 10.1 Å². The monoisotopic (exact) mass is 403 g/mol. The van der Waals surface area contributed by atoms with Crippen LogP contribution in [0.4, 0.5) is 5.00 Å². The van der Waals surface area contributed by atoms with Crippen molar-refractivity contribution in [3.05, 3.63) is 64.7 Å². The van der Waals surface area contributed by atoms with Crippen LogP contribution in [0, 0.1) is 18.3 Å². The maximum atomic E-state index is 11.7. The predicted octanol–water partition coefficient (Wildman–Crippen LogP) is 5.54. The van der Waals surface area contributed by atoms with E-state index in [0.29, 0.717) is 33.6 Å². The Kier molecular flexibility index (Phi) is 6.43. The molecule has 0 bridgehead atoms. The number of benzene rings is 2. The number of amides is 1. The van der Waals surface area contributed by atoms with Gasteiger partial charge in [-0.25, -0.2) is 4.98 Å². The number of hydrogen-bond acceptors (Lipinski definition) is 5. The van der Waals surface area contributed by atoms with Crippen LogP contribution in [0.1, 0.15) is 30.0 Å². The van der Waals surface area contributed by atoms with Gasteiger partial charge in [0, 0.05) is 18.1 Å². The Balaban J connectivity index is 2.08. The van der Waals surface area contributed by atoms with Crippen LogP contribution in [0.2, 0.25) is 0 Å². The van der Waals surface area contributed by atoms with Crippen LogP contribution in [0.25, 0.3) is 22.9 Å². The summed E-state index contributed by atoms with van der Waals surface area (Å²) >= 11 is 1.28. The summed E-state index contributed by atoms with van der Waals surface area (Å²) in [5.41, 5.74) is 3.88. The molecule has 0 radical (unpaired) electrons. The number of anilines is 1. The molecule has 1 amide bonds. The molecule has 0 unspecified atom stereocenters. The van der Waals surface area contributed by atoms with Gasteiger partial charge in [-0.05, 0) is 26.0 Å². The second kappa shape index (κ2) is 9.18. The van der Waals surface area contributed by atoms with E-state index < -0.39 is 0 Å². The van der Waals surface area contributed by atoms with Gasteiger partial charge >= 0.3 is 0 Å². The molecule has 0 atom stereocenters. The summed E-state index contributed by atoms with van der Waals surface area (Å²) in [4.78, 5) is 16.4. The Morgan fingerprint density at radius 3 is 2.62 bits per heavy atom. The number of para-hydroxylation sites is 1. The van der Waals surface area contributed by atoms with Gasteiger partial charge in [0.15, 0.2) is 0 Å². The summed E-state index contributed by atoms with van der Waals surface area (Å²) in [5, 5.41) is 13.8. The van der Waals surface area contributed by atoms with Crippen LogP contribution < -0.4 is 10.1 Å². The molecule has 1 heterocycles. The number of nitrogens with zero attached hydrogens (tertiary/aromatic N) is 2. The van der Waals surface area contributed by atoms with Crippen molar-refractivity contribution >= 4 is 33.9 Å². The van der Waals surface area contributed by atoms with E-state index in [2.05, 4.69) is 16.4 Å². The summed E-state index contributed by atoms with van der Waals surface area (Å²) in [6, 6.07) is 17.7. The minimum Gasteiger partial charge on any atom is -0.493 e. The van der Waals surface area contributed by atoms with E-state index in [1.807, 2.05) is 62.4 Å². The Labute approximate surface area is 174 Å². The van der Waals surface area contributed by atoms with Crippen molar-refractivity contribution in [2.75, 3.05) is 11.9 Å². The highest BCUT2D eigenvalue weighted by atomic mass is 32.1. The molecule has 1 aromatic heterocycles. The van der Waals surface area contributed by atoms with Crippen LogP contribution >= 0.6 is 11.3 Å². The molecule has 0 aliphatic rings. The average Bonchev–Trinajstić information content (AvgIpc) is 3.11. The molecule has 29 heavy (non-hydrogen) atoms. The van der Waals surface area contributed by atoms with E-state index in [1.165, 1.54) is 18.3 Å². The van der Waals surface area contributed by atoms with Gasteiger partial charge in [0.1, 0.15) is 27.5 Å². The Bertz CT molecular complexity index is 1090. The zero-order valence-electron chi connectivity index (χ0n) is 16.5.